The number of anilines is 1. The van der Waals surface area contributed by atoms with Crippen LogP contribution >= 0.6 is 11.3 Å². The fourth-order valence-electron chi connectivity index (χ4n) is 2.90. The zero-order valence-corrected chi connectivity index (χ0v) is 12.4. The Hall–Kier alpha value is -1.62. The molecule has 3 rings (SSSR count). The predicted octanol–water partition coefficient (Wildman–Crippen LogP) is 3.19. The SMILES string of the molecule is CC1(CNC(=O)c2sc3cccnc3c2N)CCCC1. The average Bonchev–Trinajstić information content (AvgIpc) is 3.02. The lowest BCUT2D eigenvalue weighted by Gasteiger charge is -2.23. The molecule has 106 valence electrons. The van der Waals surface area contributed by atoms with Gasteiger partial charge < -0.3 is 11.1 Å². The molecule has 0 unspecified atom stereocenters. The Kier molecular flexibility index (Phi) is 3.38. The van der Waals surface area contributed by atoms with E-state index in [9.17, 15) is 4.79 Å². The fraction of sp³-hybridized carbons (Fsp3) is 0.467. The third-order valence-corrected chi connectivity index (χ3v) is 5.33. The summed E-state index contributed by atoms with van der Waals surface area (Å²) in [5.74, 6) is -0.0707. The summed E-state index contributed by atoms with van der Waals surface area (Å²) in [7, 11) is 0. The Bertz CT molecular complexity index is 644. The molecule has 1 amide bonds. The van der Waals surface area contributed by atoms with Crippen LogP contribution in [0.3, 0.4) is 0 Å². The molecule has 2 aromatic heterocycles. The van der Waals surface area contributed by atoms with Gasteiger partial charge in [-0.15, -0.1) is 11.3 Å². The van der Waals surface area contributed by atoms with Gasteiger partial charge in [0, 0.05) is 12.7 Å². The highest BCUT2D eigenvalue weighted by molar-refractivity contribution is 7.21. The zero-order valence-electron chi connectivity index (χ0n) is 11.6. The number of nitrogens with one attached hydrogen (secondary N) is 1. The van der Waals surface area contributed by atoms with Gasteiger partial charge in [-0.3, -0.25) is 9.78 Å². The van der Waals surface area contributed by atoms with Crippen molar-refractivity contribution in [2.24, 2.45) is 5.41 Å². The van der Waals surface area contributed by atoms with Crippen LogP contribution in [0.5, 0.6) is 0 Å². The van der Waals surface area contributed by atoms with E-state index < -0.39 is 0 Å². The standard InChI is InChI=1S/C15H19N3OS/c1-15(6-2-3-7-15)9-18-14(19)13-11(16)12-10(20-13)5-4-8-17-12/h4-5,8H,2-3,6-7,9,16H2,1H3,(H,18,19). The topological polar surface area (TPSA) is 68.0 Å². The second-order valence-electron chi connectivity index (χ2n) is 5.90. The third-order valence-electron chi connectivity index (χ3n) is 4.18. The molecule has 2 aromatic rings. The lowest BCUT2D eigenvalue weighted by molar-refractivity contribution is 0.0939. The Morgan fingerprint density at radius 1 is 1.50 bits per heavy atom. The van der Waals surface area contributed by atoms with Crippen molar-refractivity contribution in [1.29, 1.82) is 0 Å². The Morgan fingerprint density at radius 2 is 2.25 bits per heavy atom. The quantitative estimate of drug-likeness (QED) is 0.911. The van der Waals surface area contributed by atoms with Gasteiger partial charge in [-0.2, -0.15) is 0 Å². The van der Waals surface area contributed by atoms with E-state index in [-0.39, 0.29) is 11.3 Å². The predicted molar refractivity (Wildman–Crippen MR) is 82.9 cm³/mol. The van der Waals surface area contributed by atoms with Gasteiger partial charge in [0.15, 0.2) is 0 Å². The van der Waals surface area contributed by atoms with Crippen molar-refractivity contribution >= 4 is 33.1 Å². The van der Waals surface area contributed by atoms with Crippen molar-refractivity contribution in [3.8, 4) is 0 Å². The number of carbonyl (C=O) groups is 1. The Balaban J connectivity index is 1.77. The maximum atomic E-state index is 12.3. The number of hydrogen-bond acceptors (Lipinski definition) is 4. The van der Waals surface area contributed by atoms with Crippen LogP contribution in [0.25, 0.3) is 10.2 Å². The largest absolute Gasteiger partial charge is 0.396 e. The molecule has 0 saturated heterocycles. The highest BCUT2D eigenvalue weighted by Crippen LogP contribution is 2.37. The molecule has 0 radical (unpaired) electrons. The molecule has 1 aliphatic carbocycles. The number of nitrogen functional groups attached to an aromatic ring is 1. The molecule has 0 aromatic carbocycles. The number of thiophene rings is 1. The first kappa shape index (κ1) is 13.4. The molecule has 1 saturated carbocycles. The van der Waals surface area contributed by atoms with Crippen molar-refractivity contribution in [2.75, 3.05) is 12.3 Å². The highest BCUT2D eigenvalue weighted by atomic mass is 32.1. The lowest BCUT2D eigenvalue weighted by atomic mass is 9.89. The molecule has 2 heterocycles. The summed E-state index contributed by atoms with van der Waals surface area (Å²) in [5, 5.41) is 3.05. The molecular formula is C15H19N3OS. The monoisotopic (exact) mass is 289 g/mol. The van der Waals surface area contributed by atoms with Crippen molar-refractivity contribution in [2.45, 2.75) is 32.6 Å². The first-order valence-corrected chi connectivity index (χ1v) is 7.82. The second kappa shape index (κ2) is 5.05. The molecule has 0 spiro atoms. The number of rotatable bonds is 3. The van der Waals surface area contributed by atoms with E-state index in [4.69, 9.17) is 5.73 Å². The number of fused-ring (bicyclic) bond motifs is 1. The van der Waals surface area contributed by atoms with Crippen LogP contribution in [-0.2, 0) is 0 Å². The van der Waals surface area contributed by atoms with Gasteiger partial charge in [-0.25, -0.2) is 0 Å². The summed E-state index contributed by atoms with van der Waals surface area (Å²) in [4.78, 5) is 17.1. The molecule has 20 heavy (non-hydrogen) atoms. The van der Waals surface area contributed by atoms with Gasteiger partial charge in [0.2, 0.25) is 0 Å². The van der Waals surface area contributed by atoms with Crippen LogP contribution in [0.15, 0.2) is 18.3 Å². The molecule has 0 bridgehead atoms. The van der Waals surface area contributed by atoms with Crippen molar-refractivity contribution in [3.05, 3.63) is 23.2 Å². The summed E-state index contributed by atoms with van der Waals surface area (Å²) in [6, 6.07) is 3.80. The van der Waals surface area contributed by atoms with Crippen LogP contribution in [0, 0.1) is 5.41 Å². The second-order valence-corrected chi connectivity index (χ2v) is 6.95. The van der Waals surface area contributed by atoms with Crippen LogP contribution in [0.2, 0.25) is 0 Å². The van der Waals surface area contributed by atoms with Crippen molar-refractivity contribution in [1.82, 2.24) is 10.3 Å². The van der Waals surface area contributed by atoms with Gasteiger partial charge in [-0.05, 0) is 30.4 Å². The van der Waals surface area contributed by atoms with E-state index in [0.29, 0.717) is 10.6 Å². The molecule has 1 aliphatic rings. The molecule has 0 atom stereocenters. The summed E-state index contributed by atoms with van der Waals surface area (Å²) in [5.41, 5.74) is 7.52. The van der Waals surface area contributed by atoms with Gasteiger partial charge in [0.25, 0.3) is 5.91 Å². The van der Waals surface area contributed by atoms with Crippen LogP contribution in [0.1, 0.15) is 42.3 Å². The Morgan fingerprint density at radius 3 is 2.95 bits per heavy atom. The van der Waals surface area contributed by atoms with E-state index in [1.807, 2.05) is 12.1 Å². The molecule has 1 fully saturated rings. The first-order chi connectivity index (χ1) is 9.59. The lowest BCUT2D eigenvalue weighted by Crippen LogP contribution is -2.34. The van der Waals surface area contributed by atoms with E-state index in [2.05, 4.69) is 17.2 Å². The number of amides is 1. The number of hydrogen-bond donors (Lipinski definition) is 2. The van der Waals surface area contributed by atoms with Crippen LogP contribution in [0.4, 0.5) is 5.69 Å². The Labute approximate surface area is 122 Å². The number of nitrogens with two attached hydrogens (primary N) is 1. The first-order valence-electron chi connectivity index (χ1n) is 7.00. The summed E-state index contributed by atoms with van der Waals surface area (Å²) >= 11 is 1.41. The maximum absolute atomic E-state index is 12.3. The number of carbonyl (C=O) groups excluding carboxylic acids is 1. The maximum Gasteiger partial charge on any atom is 0.263 e. The van der Waals surface area contributed by atoms with E-state index in [1.165, 1.54) is 37.0 Å². The van der Waals surface area contributed by atoms with Gasteiger partial charge in [0.05, 0.1) is 10.4 Å². The smallest absolute Gasteiger partial charge is 0.263 e. The van der Waals surface area contributed by atoms with Crippen LogP contribution in [-0.4, -0.2) is 17.4 Å². The normalized spacial score (nSPS) is 17.4. The minimum atomic E-state index is -0.0707. The fourth-order valence-corrected chi connectivity index (χ4v) is 3.89. The number of pyridine rings is 1. The minimum absolute atomic E-state index is 0.0707. The number of aromatic nitrogens is 1. The van der Waals surface area contributed by atoms with Crippen LogP contribution < -0.4 is 11.1 Å². The zero-order chi connectivity index (χ0) is 14.2. The molecule has 4 nitrogen and oxygen atoms in total. The molecule has 0 aliphatic heterocycles. The summed E-state index contributed by atoms with van der Waals surface area (Å²) < 4.78 is 0.960. The van der Waals surface area contributed by atoms with Gasteiger partial charge in [-0.1, -0.05) is 19.8 Å². The molecule has 5 heteroatoms. The van der Waals surface area contributed by atoms with E-state index in [1.54, 1.807) is 6.20 Å². The van der Waals surface area contributed by atoms with Gasteiger partial charge in [0.1, 0.15) is 10.4 Å². The highest BCUT2D eigenvalue weighted by Gasteiger charge is 2.29. The van der Waals surface area contributed by atoms with Crippen molar-refractivity contribution < 1.29 is 4.79 Å². The molecule has 3 N–H and O–H groups in total. The summed E-state index contributed by atoms with van der Waals surface area (Å²) in [6.45, 7) is 2.98. The number of nitrogens with zero attached hydrogens (tertiary/aromatic N) is 1. The average molecular weight is 289 g/mol. The van der Waals surface area contributed by atoms with Crippen molar-refractivity contribution in [3.63, 3.8) is 0 Å². The summed E-state index contributed by atoms with van der Waals surface area (Å²) in [6.07, 6.45) is 6.61. The third kappa shape index (κ3) is 2.38. The van der Waals surface area contributed by atoms with Gasteiger partial charge >= 0.3 is 0 Å². The molecular weight excluding hydrogens is 270 g/mol. The minimum Gasteiger partial charge on any atom is -0.396 e. The van der Waals surface area contributed by atoms with E-state index >= 15 is 0 Å². The van der Waals surface area contributed by atoms with E-state index in [0.717, 1.165) is 16.8 Å².